The van der Waals surface area contributed by atoms with Gasteiger partial charge in [-0.3, -0.25) is 0 Å². The molecule has 5 heteroatoms. The van der Waals surface area contributed by atoms with E-state index in [9.17, 15) is 0 Å². The third-order valence-electron chi connectivity index (χ3n) is 4.85. The third-order valence-corrected chi connectivity index (χ3v) is 5.08. The molecule has 3 aromatic rings. The summed E-state index contributed by atoms with van der Waals surface area (Å²) in [6, 6.07) is 20.5. The van der Waals surface area contributed by atoms with E-state index in [1.807, 2.05) is 42.5 Å². The molecule has 4 nitrogen and oxygen atoms in total. The zero-order chi connectivity index (χ0) is 18.5. The highest BCUT2D eigenvalue weighted by atomic mass is 35.5. The monoisotopic (exact) mass is 378 g/mol. The van der Waals surface area contributed by atoms with Crippen LogP contribution in [0, 0.1) is 0 Å². The maximum Gasteiger partial charge on any atom is 0.225 e. The zero-order valence-electron chi connectivity index (χ0n) is 15.2. The molecule has 1 aromatic heterocycles. The van der Waals surface area contributed by atoms with Gasteiger partial charge in [-0.05, 0) is 30.5 Å². The van der Waals surface area contributed by atoms with Crippen molar-refractivity contribution in [3.8, 4) is 11.3 Å². The second-order valence-electron chi connectivity index (χ2n) is 6.94. The van der Waals surface area contributed by atoms with Gasteiger partial charge >= 0.3 is 0 Å². The molecule has 27 heavy (non-hydrogen) atoms. The Balaban J connectivity index is 1.58. The lowest BCUT2D eigenvalue weighted by Gasteiger charge is -2.15. The van der Waals surface area contributed by atoms with Gasteiger partial charge in [0.05, 0.1) is 5.69 Å². The fourth-order valence-electron chi connectivity index (χ4n) is 3.45. The molecule has 2 N–H and O–H groups in total. The van der Waals surface area contributed by atoms with E-state index in [0.717, 1.165) is 27.7 Å². The van der Waals surface area contributed by atoms with E-state index in [0.29, 0.717) is 18.5 Å². The van der Waals surface area contributed by atoms with Gasteiger partial charge in [-0.1, -0.05) is 66.9 Å². The Hall–Kier alpha value is -2.59. The van der Waals surface area contributed by atoms with Gasteiger partial charge in [0.15, 0.2) is 0 Å². The standard InChI is InChI=1S/C22H23ClN4/c23-18-10-6-7-16(13-18)15-24-21-14-20(17-8-2-1-3-9-17)26-22(27-21)25-19-11-4-5-12-19/h1-3,6-10,13-14,19H,4-5,11-12,15H2,(H2,24,25,26,27). The van der Waals surface area contributed by atoms with Crippen molar-refractivity contribution in [2.75, 3.05) is 10.6 Å². The van der Waals surface area contributed by atoms with Crippen molar-refractivity contribution in [1.82, 2.24) is 9.97 Å². The van der Waals surface area contributed by atoms with Crippen LogP contribution in [0.4, 0.5) is 11.8 Å². The van der Waals surface area contributed by atoms with Crippen molar-refractivity contribution in [2.45, 2.75) is 38.3 Å². The van der Waals surface area contributed by atoms with Gasteiger partial charge in [0, 0.05) is 29.2 Å². The summed E-state index contributed by atoms with van der Waals surface area (Å²) >= 11 is 6.09. The van der Waals surface area contributed by atoms with Crippen LogP contribution in [0.1, 0.15) is 31.2 Å². The van der Waals surface area contributed by atoms with Gasteiger partial charge in [0.25, 0.3) is 0 Å². The molecule has 1 fully saturated rings. The van der Waals surface area contributed by atoms with Gasteiger partial charge in [-0.25, -0.2) is 4.98 Å². The van der Waals surface area contributed by atoms with Gasteiger partial charge in [0.1, 0.15) is 5.82 Å². The molecule has 0 atom stereocenters. The summed E-state index contributed by atoms with van der Waals surface area (Å²) in [5.41, 5.74) is 3.12. The highest BCUT2D eigenvalue weighted by Gasteiger charge is 2.16. The summed E-state index contributed by atoms with van der Waals surface area (Å²) in [4.78, 5) is 9.45. The van der Waals surface area contributed by atoms with E-state index in [-0.39, 0.29) is 0 Å². The zero-order valence-corrected chi connectivity index (χ0v) is 15.9. The Morgan fingerprint density at radius 1 is 0.926 bits per heavy atom. The topological polar surface area (TPSA) is 49.8 Å². The molecule has 0 aliphatic heterocycles. The van der Waals surface area contributed by atoms with Gasteiger partial charge in [-0.15, -0.1) is 0 Å². The summed E-state index contributed by atoms with van der Waals surface area (Å²) in [6.45, 7) is 0.661. The van der Waals surface area contributed by atoms with E-state index >= 15 is 0 Å². The average Bonchev–Trinajstić information content (AvgIpc) is 3.20. The number of nitrogens with one attached hydrogen (secondary N) is 2. The first kappa shape index (κ1) is 17.8. The third kappa shape index (κ3) is 4.77. The minimum Gasteiger partial charge on any atom is -0.366 e. The lowest BCUT2D eigenvalue weighted by molar-refractivity contribution is 0.744. The van der Waals surface area contributed by atoms with Crippen LogP contribution >= 0.6 is 11.6 Å². The van der Waals surface area contributed by atoms with Crippen LogP contribution in [0.15, 0.2) is 60.7 Å². The van der Waals surface area contributed by atoms with E-state index in [2.05, 4.69) is 28.8 Å². The SMILES string of the molecule is Clc1cccc(CNc2cc(-c3ccccc3)nc(NC3CCCC3)n2)c1. The predicted molar refractivity (Wildman–Crippen MR) is 112 cm³/mol. The first-order valence-corrected chi connectivity index (χ1v) is 9.83. The molecule has 1 aliphatic carbocycles. The summed E-state index contributed by atoms with van der Waals surface area (Å²) in [5, 5.41) is 7.67. The molecule has 0 spiro atoms. The molecule has 0 saturated heterocycles. The molecule has 1 saturated carbocycles. The number of halogens is 1. The Bertz CT molecular complexity index is 892. The molecule has 1 heterocycles. The number of nitrogens with zero attached hydrogens (tertiary/aromatic N) is 2. The van der Waals surface area contributed by atoms with E-state index < -0.39 is 0 Å². The average molecular weight is 379 g/mol. The molecule has 1 aliphatic rings. The maximum atomic E-state index is 6.09. The summed E-state index contributed by atoms with van der Waals surface area (Å²) in [5.74, 6) is 1.50. The van der Waals surface area contributed by atoms with Crippen molar-refractivity contribution in [2.24, 2.45) is 0 Å². The second-order valence-corrected chi connectivity index (χ2v) is 7.37. The van der Waals surface area contributed by atoms with Crippen LogP contribution in [-0.2, 0) is 6.54 Å². The number of anilines is 2. The van der Waals surface area contributed by atoms with E-state index in [1.165, 1.54) is 25.7 Å². The normalized spacial score (nSPS) is 14.3. The number of benzene rings is 2. The smallest absolute Gasteiger partial charge is 0.225 e. The van der Waals surface area contributed by atoms with Gasteiger partial charge in [0.2, 0.25) is 5.95 Å². The molecular weight excluding hydrogens is 356 g/mol. The first-order chi connectivity index (χ1) is 13.3. The fraction of sp³-hybridized carbons (Fsp3) is 0.273. The predicted octanol–water partition coefficient (Wildman–Crippen LogP) is 5.76. The Labute approximate surface area is 165 Å². The Morgan fingerprint density at radius 2 is 1.74 bits per heavy atom. The van der Waals surface area contributed by atoms with Crippen molar-refractivity contribution in [3.63, 3.8) is 0 Å². The molecule has 0 bridgehead atoms. The summed E-state index contributed by atoms with van der Waals surface area (Å²) < 4.78 is 0. The lowest BCUT2D eigenvalue weighted by Crippen LogP contribution is -2.17. The van der Waals surface area contributed by atoms with Crippen LogP contribution in [0.25, 0.3) is 11.3 Å². The van der Waals surface area contributed by atoms with Crippen LogP contribution < -0.4 is 10.6 Å². The maximum absolute atomic E-state index is 6.09. The number of hydrogen-bond acceptors (Lipinski definition) is 4. The van der Waals surface area contributed by atoms with Crippen molar-refractivity contribution >= 4 is 23.4 Å². The van der Waals surface area contributed by atoms with E-state index in [4.69, 9.17) is 21.6 Å². The Morgan fingerprint density at radius 3 is 2.52 bits per heavy atom. The number of rotatable bonds is 6. The van der Waals surface area contributed by atoms with Gasteiger partial charge < -0.3 is 10.6 Å². The Kier molecular flexibility index (Phi) is 5.54. The number of hydrogen-bond donors (Lipinski definition) is 2. The highest BCUT2D eigenvalue weighted by molar-refractivity contribution is 6.30. The molecular formula is C22H23ClN4. The molecule has 0 amide bonds. The van der Waals surface area contributed by atoms with Crippen molar-refractivity contribution in [1.29, 1.82) is 0 Å². The van der Waals surface area contributed by atoms with Crippen LogP contribution in [0.5, 0.6) is 0 Å². The molecule has 2 aromatic carbocycles. The quantitative estimate of drug-likeness (QED) is 0.572. The molecule has 0 radical (unpaired) electrons. The molecule has 4 rings (SSSR count). The van der Waals surface area contributed by atoms with Crippen LogP contribution in [0.3, 0.4) is 0 Å². The molecule has 138 valence electrons. The molecule has 0 unspecified atom stereocenters. The summed E-state index contributed by atoms with van der Waals surface area (Å²) in [6.07, 6.45) is 4.92. The van der Waals surface area contributed by atoms with E-state index in [1.54, 1.807) is 0 Å². The van der Waals surface area contributed by atoms with Crippen LogP contribution in [-0.4, -0.2) is 16.0 Å². The minimum absolute atomic E-state index is 0.469. The number of aromatic nitrogens is 2. The second kappa shape index (κ2) is 8.40. The lowest BCUT2D eigenvalue weighted by atomic mass is 10.1. The highest BCUT2D eigenvalue weighted by Crippen LogP contribution is 2.25. The largest absolute Gasteiger partial charge is 0.366 e. The minimum atomic E-state index is 0.469. The van der Waals surface area contributed by atoms with Crippen molar-refractivity contribution in [3.05, 3.63) is 71.2 Å². The first-order valence-electron chi connectivity index (χ1n) is 9.46. The van der Waals surface area contributed by atoms with Crippen molar-refractivity contribution < 1.29 is 0 Å². The van der Waals surface area contributed by atoms with Gasteiger partial charge in [-0.2, -0.15) is 4.98 Å². The fourth-order valence-corrected chi connectivity index (χ4v) is 3.66. The summed E-state index contributed by atoms with van der Waals surface area (Å²) in [7, 11) is 0. The van der Waals surface area contributed by atoms with Crippen LogP contribution in [0.2, 0.25) is 5.02 Å².